The molecule has 2 fully saturated rings. The van der Waals surface area contributed by atoms with Crippen LogP contribution in [-0.4, -0.2) is 62.1 Å². The maximum Gasteiger partial charge on any atom is 0.316 e. The maximum atomic E-state index is 13.7. The van der Waals surface area contributed by atoms with Crippen LogP contribution in [0.25, 0.3) is 21.9 Å². The van der Waals surface area contributed by atoms with Crippen LogP contribution in [0.1, 0.15) is 33.6 Å². The Labute approximate surface area is 240 Å². The van der Waals surface area contributed by atoms with Crippen molar-refractivity contribution < 1.29 is 19.1 Å². The fraction of sp³-hybridized carbons (Fsp3) is 0.438. The SMILES string of the molecule is CC(C)(C)C(=O)Oc1cc(-c2cc3c(cc2Cl)N(CC2CNC2)C(=O)C(CN2CCCC2)O3)c2ccccc2c1. The summed E-state index contributed by atoms with van der Waals surface area (Å²) < 4.78 is 12.3. The summed E-state index contributed by atoms with van der Waals surface area (Å²) in [4.78, 5) is 30.6. The number of carbonyl (C=O) groups is 2. The van der Waals surface area contributed by atoms with Crippen LogP contribution in [0.15, 0.2) is 48.5 Å². The summed E-state index contributed by atoms with van der Waals surface area (Å²) in [6.45, 7) is 10.5. The van der Waals surface area contributed by atoms with Gasteiger partial charge >= 0.3 is 5.97 Å². The number of carbonyl (C=O) groups excluding carboxylic acids is 2. The van der Waals surface area contributed by atoms with Crippen LogP contribution in [0, 0.1) is 11.3 Å². The minimum Gasteiger partial charge on any atom is -0.477 e. The molecule has 8 heteroatoms. The average molecular weight is 562 g/mol. The Hall–Kier alpha value is -3.13. The molecule has 3 aromatic rings. The van der Waals surface area contributed by atoms with Gasteiger partial charge in [-0.3, -0.25) is 14.5 Å². The molecule has 6 rings (SSSR count). The monoisotopic (exact) mass is 561 g/mol. The zero-order valence-electron chi connectivity index (χ0n) is 23.3. The molecule has 0 bridgehead atoms. The van der Waals surface area contributed by atoms with Crippen molar-refractivity contribution in [1.82, 2.24) is 10.2 Å². The quantitative estimate of drug-likeness (QED) is 0.316. The Bertz CT molecular complexity index is 1460. The van der Waals surface area contributed by atoms with Crippen molar-refractivity contribution in [1.29, 1.82) is 0 Å². The summed E-state index contributed by atoms with van der Waals surface area (Å²) in [6.07, 6.45) is 1.74. The van der Waals surface area contributed by atoms with Gasteiger partial charge in [-0.1, -0.05) is 35.9 Å². The normalized spacial score (nSPS) is 19.9. The van der Waals surface area contributed by atoms with Crippen LogP contribution in [0.3, 0.4) is 0 Å². The Morgan fingerprint density at radius 1 is 1.05 bits per heavy atom. The van der Waals surface area contributed by atoms with E-state index in [4.69, 9.17) is 21.1 Å². The van der Waals surface area contributed by atoms with E-state index in [0.717, 1.165) is 60.9 Å². The second-order valence-corrected chi connectivity index (χ2v) is 12.6. The standard InChI is InChI=1S/C32H36ClN3O4/c1-32(2,3)31(38)39-22-12-21-8-4-5-9-23(21)24(13-22)25-14-28-27(15-26(25)33)36(18-20-16-34-17-20)30(37)29(40-28)19-35-10-6-7-11-35/h4-5,8-9,12-15,20,29,34H,6-7,10-11,16-19H2,1-3H3. The zero-order chi connectivity index (χ0) is 28.0. The summed E-state index contributed by atoms with van der Waals surface area (Å²) in [6, 6.07) is 15.5. The number of amides is 1. The van der Waals surface area contributed by atoms with Crippen LogP contribution in [0.4, 0.5) is 5.69 Å². The average Bonchev–Trinajstić information content (AvgIpc) is 3.40. The smallest absolute Gasteiger partial charge is 0.316 e. The van der Waals surface area contributed by atoms with Gasteiger partial charge in [0.1, 0.15) is 11.5 Å². The lowest BCUT2D eigenvalue weighted by Crippen LogP contribution is -2.55. The van der Waals surface area contributed by atoms with Crippen LogP contribution in [0.5, 0.6) is 11.5 Å². The number of likely N-dealkylation sites (tertiary alicyclic amines) is 1. The number of nitrogens with one attached hydrogen (secondary N) is 1. The fourth-order valence-electron chi connectivity index (χ4n) is 5.61. The number of fused-ring (bicyclic) bond motifs is 2. The van der Waals surface area contributed by atoms with Gasteiger partial charge in [0, 0.05) is 37.7 Å². The first kappa shape index (κ1) is 27.1. The predicted octanol–water partition coefficient (Wildman–Crippen LogP) is 5.52. The van der Waals surface area contributed by atoms with Crippen LogP contribution in [-0.2, 0) is 9.59 Å². The minimum atomic E-state index is -0.639. The van der Waals surface area contributed by atoms with Gasteiger partial charge in [0.2, 0.25) is 0 Å². The highest BCUT2D eigenvalue weighted by Crippen LogP contribution is 2.45. The van der Waals surface area contributed by atoms with Crippen LogP contribution >= 0.6 is 11.6 Å². The molecule has 2 saturated heterocycles. The number of benzene rings is 3. The number of nitrogens with zero attached hydrogens (tertiary/aromatic N) is 2. The van der Waals surface area contributed by atoms with Crippen molar-refractivity contribution in [2.75, 3.05) is 44.2 Å². The van der Waals surface area contributed by atoms with Gasteiger partial charge < -0.3 is 19.7 Å². The van der Waals surface area contributed by atoms with E-state index in [-0.39, 0.29) is 11.9 Å². The molecule has 40 heavy (non-hydrogen) atoms. The molecular formula is C32H36ClN3O4. The molecular weight excluding hydrogens is 526 g/mol. The molecule has 3 aliphatic rings. The molecule has 3 aromatic carbocycles. The van der Waals surface area contributed by atoms with E-state index in [1.54, 1.807) is 0 Å². The van der Waals surface area contributed by atoms with Crippen molar-refractivity contribution in [3.05, 3.63) is 53.6 Å². The number of hydrogen-bond donors (Lipinski definition) is 1. The first-order valence-corrected chi connectivity index (χ1v) is 14.6. The zero-order valence-corrected chi connectivity index (χ0v) is 24.1. The van der Waals surface area contributed by atoms with Gasteiger partial charge in [-0.05, 0) is 87.3 Å². The van der Waals surface area contributed by atoms with E-state index in [9.17, 15) is 9.59 Å². The number of esters is 1. The summed E-state index contributed by atoms with van der Waals surface area (Å²) >= 11 is 6.98. The first-order valence-electron chi connectivity index (χ1n) is 14.2. The van der Waals surface area contributed by atoms with E-state index < -0.39 is 11.5 Å². The largest absolute Gasteiger partial charge is 0.477 e. The van der Waals surface area contributed by atoms with Crippen LogP contribution < -0.4 is 19.7 Å². The Kier molecular flexibility index (Phi) is 7.23. The molecule has 3 aliphatic heterocycles. The van der Waals surface area contributed by atoms with E-state index in [0.29, 0.717) is 41.2 Å². The summed E-state index contributed by atoms with van der Waals surface area (Å²) in [5.74, 6) is 1.20. The first-order chi connectivity index (χ1) is 19.2. The second-order valence-electron chi connectivity index (χ2n) is 12.2. The van der Waals surface area contributed by atoms with Crippen molar-refractivity contribution in [3.8, 4) is 22.6 Å². The Morgan fingerprint density at radius 2 is 1.80 bits per heavy atom. The van der Waals surface area contributed by atoms with E-state index >= 15 is 0 Å². The van der Waals surface area contributed by atoms with Gasteiger partial charge in [0.15, 0.2) is 6.10 Å². The lowest BCUT2D eigenvalue weighted by atomic mass is 9.95. The van der Waals surface area contributed by atoms with Crippen molar-refractivity contribution in [2.45, 2.75) is 39.7 Å². The van der Waals surface area contributed by atoms with Gasteiger partial charge in [0.25, 0.3) is 5.91 Å². The van der Waals surface area contributed by atoms with Gasteiger partial charge in [0.05, 0.1) is 16.1 Å². The molecule has 1 unspecified atom stereocenters. The molecule has 3 heterocycles. The maximum absolute atomic E-state index is 13.7. The predicted molar refractivity (Wildman–Crippen MR) is 158 cm³/mol. The number of rotatable bonds is 6. The highest BCUT2D eigenvalue weighted by atomic mass is 35.5. The third kappa shape index (κ3) is 5.30. The molecule has 1 N–H and O–H groups in total. The van der Waals surface area contributed by atoms with Crippen molar-refractivity contribution >= 4 is 39.9 Å². The Balaban J connectivity index is 1.42. The van der Waals surface area contributed by atoms with Gasteiger partial charge in [-0.25, -0.2) is 0 Å². The molecule has 0 radical (unpaired) electrons. The number of hydrogen-bond acceptors (Lipinski definition) is 6. The van der Waals surface area contributed by atoms with Crippen molar-refractivity contribution in [3.63, 3.8) is 0 Å². The Morgan fingerprint density at radius 3 is 2.50 bits per heavy atom. The summed E-state index contributed by atoms with van der Waals surface area (Å²) in [5.41, 5.74) is 1.68. The molecule has 0 spiro atoms. The van der Waals surface area contributed by atoms with E-state index in [2.05, 4.69) is 10.2 Å². The van der Waals surface area contributed by atoms with Crippen molar-refractivity contribution in [2.24, 2.45) is 11.3 Å². The third-order valence-electron chi connectivity index (χ3n) is 8.03. The molecule has 210 valence electrons. The molecule has 0 aromatic heterocycles. The lowest BCUT2D eigenvalue weighted by Gasteiger charge is -2.39. The van der Waals surface area contributed by atoms with Gasteiger partial charge in [-0.2, -0.15) is 0 Å². The third-order valence-corrected chi connectivity index (χ3v) is 8.34. The molecule has 1 atom stereocenters. The number of anilines is 1. The van der Waals surface area contributed by atoms with Crippen LogP contribution in [0.2, 0.25) is 5.02 Å². The lowest BCUT2D eigenvalue weighted by molar-refractivity contribution is -0.143. The summed E-state index contributed by atoms with van der Waals surface area (Å²) in [7, 11) is 0. The molecule has 1 amide bonds. The number of halogens is 1. The number of ether oxygens (including phenoxy) is 2. The summed E-state index contributed by atoms with van der Waals surface area (Å²) in [5, 5.41) is 5.74. The molecule has 0 saturated carbocycles. The topological polar surface area (TPSA) is 71.1 Å². The molecule has 0 aliphatic carbocycles. The highest BCUT2D eigenvalue weighted by Gasteiger charge is 2.38. The fourth-order valence-corrected chi connectivity index (χ4v) is 5.87. The van der Waals surface area contributed by atoms with E-state index in [1.165, 1.54) is 0 Å². The van der Waals surface area contributed by atoms with Gasteiger partial charge in [-0.15, -0.1) is 0 Å². The minimum absolute atomic E-state index is 0.00310. The highest BCUT2D eigenvalue weighted by molar-refractivity contribution is 6.34. The molecule has 7 nitrogen and oxygen atoms in total. The van der Waals surface area contributed by atoms with E-state index in [1.807, 2.05) is 74.2 Å². The second kappa shape index (κ2) is 10.7.